The van der Waals surface area contributed by atoms with Crippen molar-refractivity contribution >= 4 is 16.9 Å². The molecule has 0 aliphatic heterocycles. The summed E-state index contributed by atoms with van der Waals surface area (Å²) in [5.74, 6) is 1.49. The van der Waals surface area contributed by atoms with E-state index in [2.05, 4.69) is 66.2 Å². The number of para-hydroxylation sites is 2. The Hall–Kier alpha value is -3.40. The molecule has 0 aliphatic carbocycles. The van der Waals surface area contributed by atoms with E-state index in [1.165, 1.54) is 16.7 Å². The molecular weight excluding hydrogens is 406 g/mol. The number of carbonyl (C=O) groups is 1. The highest BCUT2D eigenvalue weighted by Gasteiger charge is 2.18. The Kier molecular flexibility index (Phi) is 7.23. The van der Waals surface area contributed by atoms with Crippen LogP contribution in [0.1, 0.15) is 68.1 Å². The van der Waals surface area contributed by atoms with E-state index in [1.807, 2.05) is 43.3 Å². The maximum Gasteiger partial charge on any atom is 0.220 e. The van der Waals surface area contributed by atoms with Gasteiger partial charge in [-0.15, -0.1) is 0 Å². The maximum atomic E-state index is 12.7. The van der Waals surface area contributed by atoms with Crippen LogP contribution in [0.4, 0.5) is 0 Å². The van der Waals surface area contributed by atoms with Crippen LogP contribution in [0, 0.1) is 0 Å². The molecule has 0 saturated heterocycles. The SMILES string of the molecule is CCC(C)c1ccc(Cn2c(C(C)NC(=O)CCc3ccccc3)nc3ccccc32)cc1. The predicted molar refractivity (Wildman–Crippen MR) is 135 cm³/mol. The molecule has 33 heavy (non-hydrogen) atoms. The zero-order valence-electron chi connectivity index (χ0n) is 19.8. The van der Waals surface area contributed by atoms with Gasteiger partial charge in [0.05, 0.1) is 17.1 Å². The number of aryl methyl sites for hydroxylation is 1. The minimum absolute atomic E-state index is 0.0443. The molecular formula is C29H33N3O. The second kappa shape index (κ2) is 10.5. The molecule has 1 aromatic heterocycles. The molecule has 4 nitrogen and oxygen atoms in total. The molecule has 1 N–H and O–H groups in total. The lowest BCUT2D eigenvalue weighted by atomic mass is 9.97. The van der Waals surface area contributed by atoms with Crippen molar-refractivity contribution < 1.29 is 4.79 Å². The number of hydrogen-bond acceptors (Lipinski definition) is 2. The molecule has 2 atom stereocenters. The summed E-state index contributed by atoms with van der Waals surface area (Å²) in [6.07, 6.45) is 2.33. The largest absolute Gasteiger partial charge is 0.346 e. The van der Waals surface area contributed by atoms with Crippen molar-refractivity contribution in [1.82, 2.24) is 14.9 Å². The molecule has 1 amide bonds. The summed E-state index contributed by atoms with van der Waals surface area (Å²) in [4.78, 5) is 17.6. The van der Waals surface area contributed by atoms with Gasteiger partial charge in [-0.3, -0.25) is 4.79 Å². The van der Waals surface area contributed by atoms with Crippen molar-refractivity contribution in [1.29, 1.82) is 0 Å². The van der Waals surface area contributed by atoms with Crippen LogP contribution >= 0.6 is 0 Å². The lowest BCUT2D eigenvalue weighted by molar-refractivity contribution is -0.121. The van der Waals surface area contributed by atoms with Gasteiger partial charge in [0.25, 0.3) is 0 Å². The van der Waals surface area contributed by atoms with Crippen LogP contribution in [0.15, 0.2) is 78.9 Å². The molecule has 0 radical (unpaired) electrons. The van der Waals surface area contributed by atoms with Gasteiger partial charge in [0.1, 0.15) is 5.82 Å². The summed E-state index contributed by atoms with van der Waals surface area (Å²) in [6, 6.07) is 27.0. The highest BCUT2D eigenvalue weighted by Crippen LogP contribution is 2.24. The first-order valence-electron chi connectivity index (χ1n) is 11.9. The fraction of sp³-hybridized carbons (Fsp3) is 0.310. The molecule has 0 spiro atoms. The second-order valence-corrected chi connectivity index (χ2v) is 8.87. The first-order valence-corrected chi connectivity index (χ1v) is 11.9. The standard InChI is InChI=1S/C29H33N3O/c1-4-21(2)25-17-14-24(15-18-25)20-32-27-13-9-8-12-26(27)31-29(32)22(3)30-28(33)19-16-23-10-6-5-7-11-23/h5-15,17-18,21-22H,4,16,19-20H2,1-3H3,(H,30,33). The average molecular weight is 440 g/mol. The molecule has 0 aliphatic rings. The second-order valence-electron chi connectivity index (χ2n) is 8.87. The Bertz CT molecular complexity index is 1190. The normalized spacial score (nSPS) is 13.1. The number of nitrogens with one attached hydrogen (secondary N) is 1. The van der Waals surface area contributed by atoms with E-state index in [4.69, 9.17) is 4.98 Å². The highest BCUT2D eigenvalue weighted by atomic mass is 16.1. The number of hydrogen-bond donors (Lipinski definition) is 1. The van der Waals surface area contributed by atoms with E-state index in [0.717, 1.165) is 36.2 Å². The number of amides is 1. The van der Waals surface area contributed by atoms with E-state index in [-0.39, 0.29) is 11.9 Å². The first kappa shape index (κ1) is 22.8. The van der Waals surface area contributed by atoms with Crippen LogP contribution in [0.2, 0.25) is 0 Å². The quantitative estimate of drug-likeness (QED) is 0.328. The van der Waals surface area contributed by atoms with E-state index < -0.39 is 0 Å². The van der Waals surface area contributed by atoms with Gasteiger partial charge >= 0.3 is 0 Å². The average Bonchev–Trinajstić information content (AvgIpc) is 3.22. The van der Waals surface area contributed by atoms with Crippen molar-refractivity contribution in [2.24, 2.45) is 0 Å². The van der Waals surface area contributed by atoms with Crippen molar-refractivity contribution in [2.45, 2.75) is 58.5 Å². The third-order valence-corrected chi connectivity index (χ3v) is 6.43. The zero-order valence-corrected chi connectivity index (χ0v) is 19.8. The summed E-state index contributed by atoms with van der Waals surface area (Å²) in [7, 11) is 0. The number of aromatic nitrogens is 2. The Morgan fingerprint density at radius 3 is 2.33 bits per heavy atom. The van der Waals surface area contributed by atoms with Crippen LogP contribution in [-0.4, -0.2) is 15.5 Å². The van der Waals surface area contributed by atoms with Crippen LogP contribution in [0.3, 0.4) is 0 Å². The number of fused-ring (bicyclic) bond motifs is 1. The molecule has 4 rings (SSSR count). The number of imidazole rings is 1. The third kappa shape index (κ3) is 5.51. The smallest absolute Gasteiger partial charge is 0.220 e. The fourth-order valence-electron chi connectivity index (χ4n) is 4.24. The molecule has 2 unspecified atom stereocenters. The summed E-state index contributed by atoms with van der Waals surface area (Å²) in [5.41, 5.74) is 5.82. The van der Waals surface area contributed by atoms with Gasteiger partial charge in [0, 0.05) is 13.0 Å². The molecule has 0 saturated carbocycles. The highest BCUT2D eigenvalue weighted by molar-refractivity contribution is 5.78. The lowest BCUT2D eigenvalue weighted by Gasteiger charge is -2.17. The Morgan fingerprint density at radius 2 is 1.61 bits per heavy atom. The Morgan fingerprint density at radius 1 is 0.909 bits per heavy atom. The number of rotatable bonds is 9. The molecule has 170 valence electrons. The van der Waals surface area contributed by atoms with Crippen molar-refractivity contribution in [3.63, 3.8) is 0 Å². The minimum Gasteiger partial charge on any atom is -0.346 e. The fourth-order valence-corrected chi connectivity index (χ4v) is 4.24. The van der Waals surface area contributed by atoms with Crippen molar-refractivity contribution in [3.8, 4) is 0 Å². The summed E-state index contributed by atoms with van der Waals surface area (Å²) < 4.78 is 2.23. The van der Waals surface area contributed by atoms with E-state index >= 15 is 0 Å². The number of nitrogens with zero attached hydrogens (tertiary/aromatic N) is 2. The molecule has 0 bridgehead atoms. The van der Waals surface area contributed by atoms with Crippen LogP contribution in [-0.2, 0) is 17.8 Å². The zero-order chi connectivity index (χ0) is 23.2. The molecule has 0 fully saturated rings. The van der Waals surface area contributed by atoms with Crippen LogP contribution in [0.25, 0.3) is 11.0 Å². The van der Waals surface area contributed by atoms with Gasteiger partial charge in [-0.05, 0) is 54.5 Å². The van der Waals surface area contributed by atoms with Gasteiger partial charge in [0.2, 0.25) is 5.91 Å². The monoisotopic (exact) mass is 439 g/mol. The van der Waals surface area contributed by atoms with Gasteiger partial charge in [-0.2, -0.15) is 0 Å². The third-order valence-electron chi connectivity index (χ3n) is 6.43. The Labute approximate surface area is 196 Å². The number of benzene rings is 3. The lowest BCUT2D eigenvalue weighted by Crippen LogP contribution is -2.29. The molecule has 4 heteroatoms. The van der Waals surface area contributed by atoms with Crippen LogP contribution < -0.4 is 5.32 Å². The van der Waals surface area contributed by atoms with E-state index in [9.17, 15) is 4.79 Å². The first-order chi connectivity index (χ1) is 16.0. The summed E-state index contributed by atoms with van der Waals surface area (Å²) in [5, 5.41) is 3.16. The molecule has 1 heterocycles. The number of carbonyl (C=O) groups excluding carboxylic acids is 1. The van der Waals surface area contributed by atoms with Gasteiger partial charge < -0.3 is 9.88 Å². The minimum atomic E-state index is -0.180. The predicted octanol–water partition coefficient (Wildman–Crippen LogP) is 6.41. The van der Waals surface area contributed by atoms with E-state index in [1.54, 1.807) is 0 Å². The van der Waals surface area contributed by atoms with Crippen molar-refractivity contribution in [2.75, 3.05) is 0 Å². The summed E-state index contributed by atoms with van der Waals surface area (Å²) >= 11 is 0. The van der Waals surface area contributed by atoms with E-state index in [0.29, 0.717) is 12.3 Å². The van der Waals surface area contributed by atoms with Gasteiger partial charge in [-0.25, -0.2) is 4.98 Å². The van der Waals surface area contributed by atoms with Gasteiger partial charge in [-0.1, -0.05) is 80.6 Å². The Balaban J connectivity index is 1.52. The molecule has 3 aromatic carbocycles. The topological polar surface area (TPSA) is 46.9 Å². The summed E-state index contributed by atoms with van der Waals surface area (Å²) in [6.45, 7) is 7.22. The van der Waals surface area contributed by atoms with Crippen molar-refractivity contribution in [3.05, 3.63) is 101 Å². The van der Waals surface area contributed by atoms with Gasteiger partial charge in [0.15, 0.2) is 0 Å². The molecule has 4 aromatic rings. The van der Waals surface area contributed by atoms with Crippen LogP contribution in [0.5, 0.6) is 0 Å². The maximum absolute atomic E-state index is 12.7.